The number of benzene rings is 4. The highest BCUT2D eigenvalue weighted by Crippen LogP contribution is 2.50. The quantitative estimate of drug-likeness (QED) is 0.0322. The van der Waals surface area contributed by atoms with Gasteiger partial charge in [0, 0.05) is 31.1 Å². The molecule has 294 valence electrons. The van der Waals surface area contributed by atoms with Gasteiger partial charge < -0.3 is 24.7 Å². The molecule has 0 spiro atoms. The fraction of sp³-hybridized carbons (Fsp3) is 0.311. The van der Waals surface area contributed by atoms with Crippen molar-refractivity contribution in [3.63, 3.8) is 0 Å². The van der Waals surface area contributed by atoms with Crippen molar-refractivity contribution in [1.82, 2.24) is 10.2 Å². The minimum atomic E-state index is -3.20. The molecule has 3 amide bonds. The minimum Gasteiger partial charge on any atom is -0.457 e. The van der Waals surface area contributed by atoms with E-state index in [9.17, 15) is 14.4 Å². The summed E-state index contributed by atoms with van der Waals surface area (Å²) >= 11 is 0. The molecule has 0 aliphatic carbocycles. The number of carbonyl (C=O) groups excluding carboxylic acids is 4. The van der Waals surface area contributed by atoms with Crippen molar-refractivity contribution in [2.45, 2.75) is 71.3 Å². The molecule has 1 aliphatic rings. The Balaban J connectivity index is 1.76. The van der Waals surface area contributed by atoms with Gasteiger partial charge in [-0.05, 0) is 72.2 Å². The van der Waals surface area contributed by atoms with Crippen LogP contribution in [0.1, 0.15) is 51.4 Å². The number of amides is 3. The molecule has 0 radical (unpaired) electrons. The van der Waals surface area contributed by atoms with E-state index < -0.39 is 39.2 Å². The van der Waals surface area contributed by atoms with Gasteiger partial charge in [0.1, 0.15) is 12.0 Å². The van der Waals surface area contributed by atoms with Crippen LogP contribution in [0.3, 0.4) is 0 Å². The lowest BCUT2D eigenvalue weighted by atomic mass is 9.79. The summed E-state index contributed by atoms with van der Waals surface area (Å²) in [7, 11) is -2.38. The second-order valence-electron chi connectivity index (χ2n) is 15.5. The molecular weight excluding hydrogens is 738 g/mol. The summed E-state index contributed by atoms with van der Waals surface area (Å²) in [6.07, 6.45) is 0.871. The van der Waals surface area contributed by atoms with E-state index in [0.29, 0.717) is 17.8 Å². The largest absolute Gasteiger partial charge is 0.457 e. The molecule has 5 rings (SSSR count). The van der Waals surface area contributed by atoms with Crippen molar-refractivity contribution >= 4 is 65.9 Å². The molecule has 3 atom stereocenters. The van der Waals surface area contributed by atoms with E-state index in [2.05, 4.69) is 51.1 Å². The van der Waals surface area contributed by atoms with Gasteiger partial charge in [-0.2, -0.15) is 0 Å². The molecule has 1 fully saturated rings. The van der Waals surface area contributed by atoms with Gasteiger partial charge in [-0.25, -0.2) is 9.59 Å². The van der Waals surface area contributed by atoms with Gasteiger partial charge in [0.2, 0.25) is 5.91 Å². The Bertz CT molecular complexity index is 1980. The van der Waals surface area contributed by atoms with E-state index in [1.807, 2.05) is 105 Å². The van der Waals surface area contributed by atoms with Crippen LogP contribution in [0.4, 0.5) is 10.5 Å². The molecule has 1 saturated heterocycles. The van der Waals surface area contributed by atoms with E-state index in [1.54, 1.807) is 29.2 Å². The standard InChI is InChI=1S/C45H54N3O6PSi/c1-9-30-53-43(51)42(55(35-20-14-11-15-21-35,36-22-16-12-17-23-36)37-24-18-13-19-25-37)48-38(40(41(48)50)32(3)54-56(7,8)45(4,5)6)31-39(49)33-26-28-34(29-27-33)47-44(52)46-10-2/h9,11-29,32,38,40H,1,10,30-31H2,2-8H3,(H2,46,47,52)/t32?,38-,40-/m1/s1. The van der Waals surface area contributed by atoms with Crippen LogP contribution in [0.25, 0.3) is 0 Å². The maximum absolute atomic E-state index is 15.1. The third-order valence-corrected chi connectivity index (χ3v) is 19.6. The van der Waals surface area contributed by atoms with Crippen LogP contribution in [-0.2, 0) is 18.8 Å². The molecule has 56 heavy (non-hydrogen) atoms. The average molecular weight is 792 g/mol. The number of nitrogens with zero attached hydrogens (tertiary/aromatic N) is 1. The van der Waals surface area contributed by atoms with Crippen LogP contribution >= 0.6 is 6.89 Å². The molecule has 0 bridgehead atoms. The number of β-lactam (4-membered cyclic amide) rings is 1. The smallest absolute Gasteiger partial charge is 0.356 e. The zero-order valence-corrected chi connectivity index (χ0v) is 35.3. The Morgan fingerprint density at radius 2 is 1.36 bits per heavy atom. The molecule has 4 aromatic carbocycles. The van der Waals surface area contributed by atoms with Crippen molar-refractivity contribution in [2.24, 2.45) is 5.92 Å². The Morgan fingerprint density at radius 1 is 0.857 bits per heavy atom. The molecule has 11 heteroatoms. The molecule has 9 nitrogen and oxygen atoms in total. The molecule has 1 heterocycles. The van der Waals surface area contributed by atoms with Crippen LogP contribution in [0.2, 0.25) is 18.1 Å². The number of rotatable bonds is 15. The normalized spacial score (nSPS) is 16.3. The van der Waals surface area contributed by atoms with E-state index in [-0.39, 0.29) is 41.2 Å². The number of ether oxygens (including phenoxy) is 1. The number of hydrogen-bond acceptors (Lipinski definition) is 6. The van der Waals surface area contributed by atoms with Gasteiger partial charge in [-0.15, -0.1) is 0 Å². The maximum atomic E-state index is 15.1. The second kappa shape index (κ2) is 17.8. The third-order valence-electron chi connectivity index (χ3n) is 10.7. The second-order valence-corrected chi connectivity index (χ2v) is 23.5. The van der Waals surface area contributed by atoms with Gasteiger partial charge >= 0.3 is 12.0 Å². The number of esters is 1. The predicted molar refractivity (Wildman–Crippen MR) is 231 cm³/mol. The van der Waals surface area contributed by atoms with Crippen LogP contribution in [-0.4, -0.2) is 67.6 Å². The lowest BCUT2D eigenvalue weighted by Gasteiger charge is -2.53. The SMILES string of the molecule is C=CCOC(=O)C(N1C(=O)[C@H](C(C)O[Si](C)(C)C(C)(C)C)[C@H]1CC(=O)c1ccc(NC(=O)NCC)cc1)=P(c1ccccc1)(c1ccccc1)c1ccccc1. The fourth-order valence-corrected chi connectivity index (χ4v) is 12.8. The fourth-order valence-electron chi connectivity index (χ4n) is 7.02. The number of carbonyl (C=O) groups is 4. The molecule has 4 aromatic rings. The molecule has 0 aromatic heterocycles. The van der Waals surface area contributed by atoms with E-state index >= 15 is 4.79 Å². The van der Waals surface area contributed by atoms with E-state index in [1.165, 1.54) is 6.08 Å². The van der Waals surface area contributed by atoms with Crippen molar-refractivity contribution in [3.05, 3.63) is 133 Å². The van der Waals surface area contributed by atoms with Crippen molar-refractivity contribution in [3.8, 4) is 0 Å². The summed E-state index contributed by atoms with van der Waals surface area (Å²) in [4.78, 5) is 58.1. The van der Waals surface area contributed by atoms with Crippen molar-refractivity contribution in [1.29, 1.82) is 0 Å². The molecule has 1 unspecified atom stereocenters. The van der Waals surface area contributed by atoms with Gasteiger partial charge in [-0.1, -0.05) is 124 Å². The van der Waals surface area contributed by atoms with Crippen molar-refractivity contribution < 1.29 is 28.3 Å². The van der Waals surface area contributed by atoms with Gasteiger partial charge in [0.05, 0.1) is 18.1 Å². The number of anilines is 1. The Hall–Kier alpha value is -5.02. The molecular formula is C45H54N3O6PSi. The Morgan fingerprint density at radius 3 is 1.80 bits per heavy atom. The van der Waals surface area contributed by atoms with Gasteiger partial charge in [0.15, 0.2) is 14.1 Å². The summed E-state index contributed by atoms with van der Waals surface area (Å²) in [5.74, 6) is -1.90. The number of likely N-dealkylation sites (tertiary alicyclic amines) is 1. The lowest BCUT2D eigenvalue weighted by molar-refractivity contribution is -0.156. The summed E-state index contributed by atoms with van der Waals surface area (Å²) in [5, 5.41) is 7.88. The number of Topliss-reactive ketones (excluding diaryl/α,β-unsaturated/α-hetero) is 1. The first-order valence-corrected chi connectivity index (χ1v) is 23.8. The first-order valence-electron chi connectivity index (χ1n) is 19.1. The van der Waals surface area contributed by atoms with E-state index in [0.717, 1.165) is 15.9 Å². The van der Waals surface area contributed by atoms with Gasteiger partial charge in [-0.3, -0.25) is 9.59 Å². The Labute approximate surface area is 332 Å². The highest BCUT2D eigenvalue weighted by Gasteiger charge is 2.57. The average Bonchev–Trinajstić information content (AvgIpc) is 3.17. The first kappa shape index (κ1) is 42.1. The number of urea groups is 1. The zero-order valence-electron chi connectivity index (χ0n) is 33.5. The van der Waals surface area contributed by atoms with Crippen molar-refractivity contribution in [2.75, 3.05) is 18.5 Å². The monoisotopic (exact) mass is 791 g/mol. The predicted octanol–water partition coefficient (Wildman–Crippen LogP) is 7.49. The summed E-state index contributed by atoms with van der Waals surface area (Å²) in [6, 6.07) is 34.9. The molecule has 2 N–H and O–H groups in total. The minimum absolute atomic E-state index is 0.0721. The molecule has 0 saturated carbocycles. The number of ketones is 1. The summed E-state index contributed by atoms with van der Waals surface area (Å²) in [5.41, 5.74) is 1.14. The number of hydrogen-bond donors (Lipinski definition) is 2. The Kier molecular flexibility index (Phi) is 13.4. The van der Waals surface area contributed by atoms with Crippen LogP contribution in [0.5, 0.6) is 0 Å². The number of nitrogens with one attached hydrogen (secondary N) is 2. The highest BCUT2D eigenvalue weighted by atomic mass is 31.2. The topological polar surface area (TPSA) is 114 Å². The third kappa shape index (κ3) is 8.68. The first-order chi connectivity index (χ1) is 26.7. The van der Waals surface area contributed by atoms with Crippen LogP contribution < -0.4 is 26.5 Å². The van der Waals surface area contributed by atoms with Gasteiger partial charge in [0.25, 0.3) is 0 Å². The summed E-state index contributed by atoms with van der Waals surface area (Å²) in [6.45, 7) is 15.4. The lowest BCUT2D eigenvalue weighted by Crippen LogP contribution is -2.69. The highest BCUT2D eigenvalue weighted by molar-refractivity contribution is 7.96. The molecule has 1 aliphatic heterocycles. The van der Waals surface area contributed by atoms with Crippen LogP contribution in [0.15, 0.2) is 128 Å². The van der Waals surface area contributed by atoms with Crippen LogP contribution in [0, 0.1) is 5.92 Å². The maximum Gasteiger partial charge on any atom is 0.356 e. The zero-order chi connectivity index (χ0) is 40.7. The van der Waals surface area contributed by atoms with E-state index in [4.69, 9.17) is 9.16 Å². The summed E-state index contributed by atoms with van der Waals surface area (Å²) < 4.78 is 12.8.